The molecule has 0 radical (unpaired) electrons. The molecule has 0 amide bonds. The summed E-state index contributed by atoms with van der Waals surface area (Å²) in [5.74, 6) is 0. The summed E-state index contributed by atoms with van der Waals surface area (Å²) in [6.45, 7) is 10.7. The zero-order chi connectivity index (χ0) is 15.4. The molecule has 1 aromatic heterocycles. The number of aryl methyl sites for hydroxylation is 3. The number of anilines is 1. The maximum Gasteiger partial charge on any atom is 0.0568 e. The van der Waals surface area contributed by atoms with Gasteiger partial charge in [-0.05, 0) is 55.5 Å². The van der Waals surface area contributed by atoms with E-state index in [9.17, 15) is 0 Å². The van der Waals surface area contributed by atoms with Crippen LogP contribution in [0.1, 0.15) is 38.3 Å². The van der Waals surface area contributed by atoms with Crippen molar-refractivity contribution in [3.8, 4) is 11.1 Å². The van der Waals surface area contributed by atoms with Crippen LogP contribution in [0.25, 0.3) is 11.1 Å². The minimum atomic E-state index is 1.10. The van der Waals surface area contributed by atoms with Gasteiger partial charge in [-0.15, -0.1) is 0 Å². The number of nitrogens with zero attached hydrogens (tertiary/aromatic N) is 3. The van der Waals surface area contributed by atoms with Gasteiger partial charge in [0, 0.05) is 37.6 Å². The number of aromatic nitrogens is 2. The second-order valence-corrected chi connectivity index (χ2v) is 5.38. The summed E-state index contributed by atoms with van der Waals surface area (Å²) in [6.07, 6.45) is 6.50. The molecule has 3 nitrogen and oxygen atoms in total. The fourth-order valence-electron chi connectivity index (χ4n) is 3.01. The first kappa shape index (κ1) is 15.6. The van der Waals surface area contributed by atoms with Crippen molar-refractivity contribution in [1.82, 2.24) is 9.78 Å². The predicted molar refractivity (Wildman–Crippen MR) is 90.9 cm³/mol. The fraction of sp³-hybridized carbons (Fsp3) is 0.500. The lowest BCUT2D eigenvalue weighted by atomic mass is 9.94. The number of rotatable bonds is 2. The number of fused-ring (bicyclic) bond motifs is 1. The molecule has 0 saturated heterocycles. The van der Waals surface area contributed by atoms with Crippen LogP contribution < -0.4 is 4.90 Å². The first-order valence-corrected chi connectivity index (χ1v) is 8.06. The molecule has 0 aliphatic carbocycles. The molecule has 1 aromatic carbocycles. The molecule has 0 saturated carbocycles. The van der Waals surface area contributed by atoms with E-state index < -0.39 is 0 Å². The third-order valence-corrected chi connectivity index (χ3v) is 4.04. The van der Waals surface area contributed by atoms with Crippen LogP contribution in [0.15, 0.2) is 24.5 Å². The molecule has 0 N–H and O–H groups in total. The second-order valence-electron chi connectivity index (χ2n) is 5.38. The van der Waals surface area contributed by atoms with Crippen molar-refractivity contribution in [1.29, 1.82) is 0 Å². The zero-order valence-corrected chi connectivity index (χ0v) is 14.0. The quantitative estimate of drug-likeness (QED) is 0.825. The topological polar surface area (TPSA) is 21.1 Å². The largest absolute Gasteiger partial charge is 0.372 e. The molecule has 1 aliphatic heterocycles. The van der Waals surface area contributed by atoms with Crippen molar-refractivity contribution in [3.63, 3.8) is 0 Å². The zero-order valence-electron chi connectivity index (χ0n) is 14.0. The highest BCUT2D eigenvalue weighted by atomic mass is 15.2. The van der Waals surface area contributed by atoms with Gasteiger partial charge >= 0.3 is 0 Å². The van der Waals surface area contributed by atoms with Gasteiger partial charge in [0.2, 0.25) is 0 Å². The van der Waals surface area contributed by atoms with Crippen LogP contribution in [0.3, 0.4) is 0 Å². The summed E-state index contributed by atoms with van der Waals surface area (Å²) < 4.78 is 1.87. The number of benzene rings is 1. The van der Waals surface area contributed by atoms with Gasteiger partial charge in [0.25, 0.3) is 0 Å². The van der Waals surface area contributed by atoms with Gasteiger partial charge in [-0.3, -0.25) is 4.68 Å². The SMILES string of the molecule is CC.CCN1CCCc2cc(-c3cnn(C)c3)c(C)cc21. The van der Waals surface area contributed by atoms with E-state index in [0.717, 1.165) is 6.54 Å². The van der Waals surface area contributed by atoms with Gasteiger partial charge < -0.3 is 4.90 Å². The Labute approximate surface area is 128 Å². The lowest BCUT2D eigenvalue weighted by molar-refractivity contribution is 0.707. The first-order valence-electron chi connectivity index (χ1n) is 8.06. The summed E-state index contributed by atoms with van der Waals surface area (Å²) >= 11 is 0. The average Bonchev–Trinajstić information content (AvgIpc) is 2.94. The molecule has 0 unspecified atom stereocenters. The standard InChI is InChI=1S/C16H21N3.C2H6/c1-4-19-7-5-6-13-9-15(12(2)8-16(13)19)14-10-17-18(3)11-14;1-2/h8-11H,4-7H2,1-3H3;1-2H3. The molecule has 2 aromatic rings. The van der Waals surface area contributed by atoms with E-state index >= 15 is 0 Å². The van der Waals surface area contributed by atoms with Gasteiger partial charge in [-0.2, -0.15) is 5.10 Å². The molecule has 0 spiro atoms. The van der Waals surface area contributed by atoms with Crippen molar-refractivity contribution in [2.24, 2.45) is 7.05 Å². The third kappa shape index (κ3) is 3.12. The van der Waals surface area contributed by atoms with Crippen LogP contribution in [0.4, 0.5) is 5.69 Å². The van der Waals surface area contributed by atoms with Crippen LogP contribution in [-0.2, 0) is 13.5 Å². The molecule has 1 aliphatic rings. The molecular formula is C18H27N3. The lowest BCUT2D eigenvalue weighted by Gasteiger charge is -2.31. The van der Waals surface area contributed by atoms with E-state index in [4.69, 9.17) is 0 Å². The Morgan fingerprint density at radius 2 is 2.00 bits per heavy atom. The van der Waals surface area contributed by atoms with Gasteiger partial charge in [0.15, 0.2) is 0 Å². The monoisotopic (exact) mass is 285 g/mol. The number of hydrogen-bond donors (Lipinski definition) is 0. The molecule has 0 bridgehead atoms. The Bertz CT molecular complexity index is 599. The van der Waals surface area contributed by atoms with Crippen molar-refractivity contribution in [3.05, 3.63) is 35.7 Å². The van der Waals surface area contributed by atoms with Gasteiger partial charge in [0.05, 0.1) is 6.20 Å². The maximum atomic E-state index is 4.28. The Hall–Kier alpha value is -1.77. The molecule has 3 rings (SSSR count). The van der Waals surface area contributed by atoms with E-state index in [1.165, 1.54) is 47.3 Å². The van der Waals surface area contributed by atoms with E-state index in [1.807, 2.05) is 31.8 Å². The highest BCUT2D eigenvalue weighted by Crippen LogP contribution is 2.34. The van der Waals surface area contributed by atoms with Crippen LogP contribution in [0, 0.1) is 6.92 Å². The molecule has 21 heavy (non-hydrogen) atoms. The summed E-state index contributed by atoms with van der Waals surface area (Å²) in [5, 5.41) is 4.28. The Morgan fingerprint density at radius 1 is 1.24 bits per heavy atom. The van der Waals surface area contributed by atoms with Crippen molar-refractivity contribution in [2.45, 2.75) is 40.5 Å². The van der Waals surface area contributed by atoms with Gasteiger partial charge in [-0.25, -0.2) is 0 Å². The normalized spacial score (nSPS) is 13.5. The summed E-state index contributed by atoms with van der Waals surface area (Å²) in [4.78, 5) is 2.48. The van der Waals surface area contributed by atoms with E-state index in [-0.39, 0.29) is 0 Å². The highest BCUT2D eigenvalue weighted by molar-refractivity contribution is 5.72. The smallest absolute Gasteiger partial charge is 0.0568 e. The van der Waals surface area contributed by atoms with Crippen molar-refractivity contribution >= 4 is 5.69 Å². The average molecular weight is 285 g/mol. The summed E-state index contributed by atoms with van der Waals surface area (Å²) in [5.41, 5.74) is 6.80. The summed E-state index contributed by atoms with van der Waals surface area (Å²) in [6, 6.07) is 4.71. The fourth-order valence-corrected chi connectivity index (χ4v) is 3.01. The van der Waals surface area contributed by atoms with Crippen LogP contribution >= 0.6 is 0 Å². The Kier molecular flexibility index (Phi) is 5.05. The van der Waals surface area contributed by atoms with E-state index in [1.54, 1.807) is 0 Å². The molecule has 0 atom stereocenters. The van der Waals surface area contributed by atoms with Gasteiger partial charge in [-0.1, -0.05) is 13.8 Å². The second kappa shape index (κ2) is 6.79. The van der Waals surface area contributed by atoms with Crippen LogP contribution in [-0.4, -0.2) is 22.9 Å². The highest BCUT2D eigenvalue weighted by Gasteiger charge is 2.18. The Morgan fingerprint density at radius 3 is 2.62 bits per heavy atom. The van der Waals surface area contributed by atoms with Crippen LogP contribution in [0.2, 0.25) is 0 Å². The molecule has 3 heteroatoms. The predicted octanol–water partition coefficient (Wildman–Crippen LogP) is 4.19. The molecule has 2 heterocycles. The maximum absolute atomic E-state index is 4.28. The minimum absolute atomic E-state index is 1.10. The third-order valence-electron chi connectivity index (χ3n) is 4.04. The number of hydrogen-bond acceptors (Lipinski definition) is 2. The molecular weight excluding hydrogens is 258 g/mol. The Balaban J connectivity index is 0.000000774. The van der Waals surface area contributed by atoms with E-state index in [2.05, 4.69) is 42.2 Å². The molecule has 114 valence electrons. The first-order chi connectivity index (χ1) is 10.2. The minimum Gasteiger partial charge on any atom is -0.372 e. The van der Waals surface area contributed by atoms with E-state index in [0.29, 0.717) is 0 Å². The van der Waals surface area contributed by atoms with Crippen LogP contribution in [0.5, 0.6) is 0 Å². The van der Waals surface area contributed by atoms with Crippen molar-refractivity contribution < 1.29 is 0 Å². The van der Waals surface area contributed by atoms with Crippen molar-refractivity contribution in [2.75, 3.05) is 18.0 Å². The lowest BCUT2D eigenvalue weighted by Crippen LogP contribution is -2.29. The summed E-state index contributed by atoms with van der Waals surface area (Å²) in [7, 11) is 1.97. The molecule has 0 fully saturated rings. The van der Waals surface area contributed by atoms with Gasteiger partial charge in [0.1, 0.15) is 0 Å².